The van der Waals surface area contributed by atoms with Crippen LogP contribution in [0.1, 0.15) is 17.5 Å². The fourth-order valence-corrected chi connectivity index (χ4v) is 3.64. The van der Waals surface area contributed by atoms with Crippen molar-refractivity contribution in [3.63, 3.8) is 0 Å². The van der Waals surface area contributed by atoms with Crippen LogP contribution in [0.2, 0.25) is 0 Å². The predicted octanol–water partition coefficient (Wildman–Crippen LogP) is 2.17. The van der Waals surface area contributed by atoms with Gasteiger partial charge in [-0.05, 0) is 30.2 Å². The van der Waals surface area contributed by atoms with Gasteiger partial charge in [-0.15, -0.1) is 0 Å². The Morgan fingerprint density at radius 1 is 1.32 bits per heavy atom. The number of carbonyl (C=O) groups excluding carboxylic acids is 1. The number of rotatable bonds is 3. The highest BCUT2D eigenvalue weighted by Gasteiger charge is 2.50. The highest BCUT2D eigenvalue weighted by molar-refractivity contribution is 6.08. The Labute approximate surface area is 145 Å². The highest BCUT2D eigenvalue weighted by atomic mass is 16.2. The SMILES string of the molecule is N=C/C(=C\N)c1ccc(N2CCC3(Cc4ccccc4N3)C2=O)nc1. The summed E-state index contributed by atoms with van der Waals surface area (Å²) in [7, 11) is 0. The molecule has 4 N–H and O–H groups in total. The van der Waals surface area contributed by atoms with E-state index in [0.29, 0.717) is 24.4 Å². The van der Waals surface area contributed by atoms with Crippen LogP contribution in [0.3, 0.4) is 0 Å². The normalized spacial score (nSPS) is 22.2. The van der Waals surface area contributed by atoms with Crippen LogP contribution < -0.4 is 16.0 Å². The van der Waals surface area contributed by atoms with Crippen molar-refractivity contribution in [1.29, 1.82) is 5.41 Å². The third-order valence-corrected chi connectivity index (χ3v) is 4.99. The molecule has 4 rings (SSSR count). The summed E-state index contributed by atoms with van der Waals surface area (Å²) in [5, 5.41) is 10.8. The first-order chi connectivity index (χ1) is 12.2. The number of pyridine rings is 1. The minimum Gasteiger partial charge on any atom is -0.404 e. The van der Waals surface area contributed by atoms with E-state index >= 15 is 0 Å². The maximum absolute atomic E-state index is 13.1. The number of benzene rings is 1. The lowest BCUT2D eigenvalue weighted by Crippen LogP contribution is -2.45. The van der Waals surface area contributed by atoms with Crippen molar-refractivity contribution >= 4 is 29.2 Å². The van der Waals surface area contributed by atoms with Crippen LogP contribution in [-0.2, 0) is 11.2 Å². The number of aromatic nitrogens is 1. The molecule has 126 valence electrons. The second-order valence-electron chi connectivity index (χ2n) is 6.42. The van der Waals surface area contributed by atoms with Crippen molar-refractivity contribution in [1.82, 2.24) is 4.98 Å². The lowest BCUT2D eigenvalue weighted by atomic mass is 9.94. The first-order valence-electron chi connectivity index (χ1n) is 8.24. The number of para-hydroxylation sites is 1. The van der Waals surface area contributed by atoms with E-state index < -0.39 is 5.54 Å². The molecule has 1 spiro atoms. The van der Waals surface area contributed by atoms with E-state index in [1.165, 1.54) is 18.0 Å². The molecule has 0 bridgehead atoms. The number of hydrogen-bond donors (Lipinski definition) is 3. The Hall–Kier alpha value is -3.15. The van der Waals surface area contributed by atoms with Gasteiger partial charge in [0.25, 0.3) is 5.91 Å². The van der Waals surface area contributed by atoms with Gasteiger partial charge in [0.05, 0.1) is 0 Å². The quantitative estimate of drug-likeness (QED) is 0.750. The van der Waals surface area contributed by atoms with Gasteiger partial charge in [-0.25, -0.2) is 4.98 Å². The van der Waals surface area contributed by atoms with Crippen LogP contribution in [0.4, 0.5) is 11.5 Å². The van der Waals surface area contributed by atoms with Gasteiger partial charge in [-0.3, -0.25) is 9.69 Å². The topological polar surface area (TPSA) is 95.1 Å². The summed E-state index contributed by atoms with van der Waals surface area (Å²) in [6.07, 6.45) is 5.67. The van der Waals surface area contributed by atoms with Crippen LogP contribution in [0.15, 0.2) is 48.8 Å². The summed E-state index contributed by atoms with van der Waals surface area (Å²) in [5.41, 5.74) is 8.53. The fraction of sp³-hybridized carbons (Fsp3) is 0.211. The molecule has 1 aromatic carbocycles. The van der Waals surface area contributed by atoms with Crippen molar-refractivity contribution < 1.29 is 4.79 Å². The molecule has 2 aliphatic rings. The second-order valence-corrected chi connectivity index (χ2v) is 6.42. The van der Waals surface area contributed by atoms with Crippen molar-refractivity contribution in [3.8, 4) is 0 Å². The van der Waals surface area contributed by atoms with Gasteiger partial charge >= 0.3 is 0 Å². The molecule has 1 atom stereocenters. The summed E-state index contributed by atoms with van der Waals surface area (Å²) in [5.74, 6) is 0.690. The van der Waals surface area contributed by atoms with Crippen molar-refractivity contribution in [2.24, 2.45) is 5.73 Å². The first kappa shape index (κ1) is 15.4. The maximum Gasteiger partial charge on any atom is 0.254 e. The number of anilines is 2. The molecule has 6 nitrogen and oxygen atoms in total. The van der Waals surface area contributed by atoms with Gasteiger partial charge in [0.1, 0.15) is 11.4 Å². The fourth-order valence-electron chi connectivity index (χ4n) is 3.64. The number of nitrogens with one attached hydrogen (secondary N) is 2. The molecule has 2 aliphatic heterocycles. The van der Waals surface area contributed by atoms with E-state index in [1.54, 1.807) is 17.2 Å². The van der Waals surface area contributed by atoms with Crippen molar-refractivity contribution in [3.05, 3.63) is 59.9 Å². The number of fused-ring (bicyclic) bond motifs is 1. The van der Waals surface area contributed by atoms with Crippen LogP contribution in [0, 0.1) is 5.41 Å². The Kier molecular flexibility index (Phi) is 3.53. The van der Waals surface area contributed by atoms with Crippen molar-refractivity contribution in [2.75, 3.05) is 16.8 Å². The van der Waals surface area contributed by atoms with Gasteiger partial charge < -0.3 is 16.5 Å². The smallest absolute Gasteiger partial charge is 0.254 e. The molecule has 1 unspecified atom stereocenters. The van der Waals surface area contributed by atoms with E-state index in [4.69, 9.17) is 11.1 Å². The molecule has 0 radical (unpaired) electrons. The number of nitrogens with zero attached hydrogens (tertiary/aromatic N) is 2. The molecule has 1 amide bonds. The number of carbonyl (C=O) groups is 1. The summed E-state index contributed by atoms with van der Waals surface area (Å²) in [6.45, 7) is 0.635. The van der Waals surface area contributed by atoms with Crippen LogP contribution >= 0.6 is 0 Å². The molecule has 3 heterocycles. The Morgan fingerprint density at radius 3 is 2.84 bits per heavy atom. The molecular formula is C19H19N5O. The number of amides is 1. The zero-order valence-corrected chi connectivity index (χ0v) is 13.7. The van der Waals surface area contributed by atoms with Crippen LogP contribution in [0.5, 0.6) is 0 Å². The third kappa shape index (κ3) is 2.38. The molecular weight excluding hydrogens is 314 g/mol. The summed E-state index contributed by atoms with van der Waals surface area (Å²) in [4.78, 5) is 19.2. The number of hydrogen-bond acceptors (Lipinski definition) is 5. The molecule has 1 aromatic heterocycles. The van der Waals surface area contributed by atoms with Gasteiger partial charge in [0, 0.05) is 48.4 Å². The lowest BCUT2D eigenvalue weighted by molar-refractivity contribution is -0.120. The summed E-state index contributed by atoms with van der Waals surface area (Å²) < 4.78 is 0. The summed E-state index contributed by atoms with van der Waals surface area (Å²) in [6, 6.07) is 11.7. The van der Waals surface area contributed by atoms with Gasteiger partial charge in [0.15, 0.2) is 0 Å². The van der Waals surface area contributed by atoms with Gasteiger partial charge in [-0.1, -0.05) is 18.2 Å². The maximum atomic E-state index is 13.1. The predicted molar refractivity (Wildman–Crippen MR) is 98.7 cm³/mol. The number of allylic oxidation sites excluding steroid dienone is 1. The standard InChI is InChI=1S/C19H19N5O/c20-10-15(11-21)14-5-6-17(22-12-14)24-8-7-19(18(24)25)9-13-3-1-2-4-16(13)23-19/h1-6,10-12,20,23H,7-9,21H2/b15-11+,20-10?. The van der Waals surface area contributed by atoms with E-state index in [-0.39, 0.29) is 5.91 Å². The summed E-state index contributed by atoms with van der Waals surface area (Å²) >= 11 is 0. The van der Waals surface area contributed by atoms with Gasteiger partial charge in [-0.2, -0.15) is 0 Å². The average molecular weight is 333 g/mol. The first-order valence-corrected chi connectivity index (χ1v) is 8.24. The lowest BCUT2D eigenvalue weighted by Gasteiger charge is -2.23. The average Bonchev–Trinajstić information content (AvgIpc) is 3.17. The largest absolute Gasteiger partial charge is 0.404 e. The minimum absolute atomic E-state index is 0.0607. The highest BCUT2D eigenvalue weighted by Crippen LogP contribution is 2.40. The number of nitrogens with two attached hydrogens (primary N) is 1. The Bertz CT molecular complexity index is 847. The van der Waals surface area contributed by atoms with Crippen LogP contribution in [0.25, 0.3) is 5.57 Å². The minimum atomic E-state index is -0.554. The molecule has 1 fully saturated rings. The molecule has 6 heteroatoms. The van der Waals surface area contributed by atoms with Gasteiger partial charge in [0.2, 0.25) is 0 Å². The Morgan fingerprint density at radius 2 is 2.16 bits per heavy atom. The monoisotopic (exact) mass is 333 g/mol. The van der Waals surface area contributed by atoms with Crippen LogP contribution in [-0.4, -0.2) is 29.2 Å². The molecule has 25 heavy (non-hydrogen) atoms. The molecule has 1 saturated heterocycles. The van der Waals surface area contributed by atoms with E-state index in [0.717, 1.165) is 17.7 Å². The van der Waals surface area contributed by atoms with E-state index in [9.17, 15) is 4.79 Å². The second kappa shape index (κ2) is 5.73. The van der Waals surface area contributed by atoms with E-state index in [2.05, 4.69) is 16.4 Å². The zero-order chi connectivity index (χ0) is 17.4. The molecule has 2 aromatic rings. The van der Waals surface area contributed by atoms with Crippen molar-refractivity contribution in [2.45, 2.75) is 18.4 Å². The third-order valence-electron chi connectivity index (χ3n) is 4.99. The zero-order valence-electron chi connectivity index (χ0n) is 13.7. The molecule has 0 saturated carbocycles. The van der Waals surface area contributed by atoms with E-state index in [1.807, 2.05) is 24.3 Å². The molecule has 0 aliphatic carbocycles. The Balaban J connectivity index is 1.58.